The lowest BCUT2D eigenvalue weighted by Crippen LogP contribution is -2.10. The Kier molecular flexibility index (Phi) is 6.82. The maximum Gasteiger partial charge on any atom is 0.172 e. The predicted octanol–water partition coefficient (Wildman–Crippen LogP) is 6.02. The van der Waals surface area contributed by atoms with Crippen LogP contribution in [0, 0.1) is 11.3 Å². The second-order valence-corrected chi connectivity index (χ2v) is 9.88. The SMILES string of the molecule is CN(C)CC=Cc1cc2ncc(C#N)c(Nc3ccc(Sc4nccn4C)c(Cl)c3)c2s1. The first kappa shape index (κ1) is 22.4. The van der Waals surface area contributed by atoms with Gasteiger partial charge in [-0.25, -0.2) is 4.98 Å². The van der Waals surface area contributed by atoms with E-state index in [0.29, 0.717) is 10.6 Å². The predicted molar refractivity (Wildman–Crippen MR) is 134 cm³/mol. The van der Waals surface area contributed by atoms with Crippen molar-refractivity contribution in [3.05, 3.63) is 64.4 Å². The highest BCUT2D eigenvalue weighted by Crippen LogP contribution is 2.38. The quantitative estimate of drug-likeness (QED) is 0.348. The molecule has 0 unspecified atom stereocenters. The number of hydrogen-bond donors (Lipinski definition) is 1. The zero-order valence-corrected chi connectivity index (χ0v) is 20.2. The number of imidazole rings is 1. The summed E-state index contributed by atoms with van der Waals surface area (Å²) in [6.45, 7) is 0.858. The number of rotatable bonds is 7. The van der Waals surface area contributed by atoms with Gasteiger partial charge in [-0.15, -0.1) is 11.3 Å². The molecule has 3 heterocycles. The summed E-state index contributed by atoms with van der Waals surface area (Å²) in [4.78, 5) is 12.9. The van der Waals surface area contributed by atoms with E-state index in [1.165, 1.54) is 11.8 Å². The third-order valence-corrected chi connectivity index (χ3v) is 7.30. The third-order valence-electron chi connectivity index (χ3n) is 4.61. The van der Waals surface area contributed by atoms with Crippen molar-refractivity contribution in [1.29, 1.82) is 5.26 Å². The molecule has 0 amide bonds. The number of pyridine rings is 1. The van der Waals surface area contributed by atoms with Crippen LogP contribution in [0.3, 0.4) is 0 Å². The molecule has 0 atom stereocenters. The van der Waals surface area contributed by atoms with E-state index in [-0.39, 0.29) is 0 Å². The van der Waals surface area contributed by atoms with Crippen molar-refractivity contribution >= 4 is 62.4 Å². The zero-order valence-electron chi connectivity index (χ0n) is 17.8. The molecular formula is C23H21ClN6S2. The van der Waals surface area contributed by atoms with E-state index in [9.17, 15) is 5.26 Å². The van der Waals surface area contributed by atoms with Gasteiger partial charge in [0.15, 0.2) is 5.16 Å². The summed E-state index contributed by atoms with van der Waals surface area (Å²) in [7, 11) is 6.01. The molecule has 1 aromatic carbocycles. The molecular weight excluding hydrogens is 460 g/mol. The monoisotopic (exact) mass is 480 g/mol. The molecule has 32 heavy (non-hydrogen) atoms. The first-order chi connectivity index (χ1) is 15.4. The summed E-state index contributed by atoms with van der Waals surface area (Å²) in [6, 6.07) is 10.1. The average molecular weight is 481 g/mol. The summed E-state index contributed by atoms with van der Waals surface area (Å²) in [5, 5.41) is 14.5. The standard InChI is InChI=1S/C23H21ClN6S2/c1-29(2)9-4-5-17-12-19-22(31-17)21(15(13-25)14-27-19)28-16-6-7-20(18(24)11-16)32-23-26-8-10-30(23)3/h4-8,10-12,14H,9H2,1-3H3,(H,27,28). The summed E-state index contributed by atoms with van der Waals surface area (Å²) >= 11 is 9.67. The van der Waals surface area contributed by atoms with E-state index < -0.39 is 0 Å². The second-order valence-electron chi connectivity index (χ2n) is 7.38. The van der Waals surface area contributed by atoms with Crippen molar-refractivity contribution in [2.75, 3.05) is 26.0 Å². The molecule has 3 aromatic heterocycles. The Morgan fingerprint density at radius 1 is 1.31 bits per heavy atom. The second kappa shape index (κ2) is 9.76. The van der Waals surface area contributed by atoms with E-state index in [1.807, 2.05) is 56.2 Å². The van der Waals surface area contributed by atoms with E-state index in [1.54, 1.807) is 23.7 Å². The molecule has 4 aromatic rings. The molecule has 9 heteroatoms. The number of halogens is 1. The molecule has 0 saturated heterocycles. The molecule has 0 aliphatic carbocycles. The van der Waals surface area contributed by atoms with Gasteiger partial charge >= 0.3 is 0 Å². The highest BCUT2D eigenvalue weighted by Gasteiger charge is 2.14. The van der Waals surface area contributed by atoms with Gasteiger partial charge in [0.2, 0.25) is 0 Å². The number of hydrogen-bond acceptors (Lipinski definition) is 7. The van der Waals surface area contributed by atoms with Gasteiger partial charge in [0.05, 0.1) is 26.5 Å². The zero-order chi connectivity index (χ0) is 22.7. The van der Waals surface area contributed by atoms with Crippen LogP contribution in [-0.2, 0) is 7.05 Å². The van der Waals surface area contributed by atoms with Gasteiger partial charge in [-0.3, -0.25) is 4.98 Å². The number of benzene rings is 1. The minimum atomic E-state index is 0.491. The van der Waals surface area contributed by atoms with Crippen LogP contribution in [0.15, 0.2) is 59.0 Å². The van der Waals surface area contributed by atoms with Crippen LogP contribution < -0.4 is 5.32 Å². The Balaban J connectivity index is 1.63. The summed E-state index contributed by atoms with van der Waals surface area (Å²) < 4.78 is 2.89. The fourth-order valence-electron chi connectivity index (χ4n) is 3.02. The number of thiophene rings is 1. The van der Waals surface area contributed by atoms with Crippen molar-refractivity contribution in [3.8, 4) is 6.07 Å². The number of aromatic nitrogens is 3. The van der Waals surface area contributed by atoms with Crippen LogP contribution in [-0.4, -0.2) is 40.1 Å². The van der Waals surface area contributed by atoms with Crippen molar-refractivity contribution in [2.24, 2.45) is 7.05 Å². The van der Waals surface area contributed by atoms with Gasteiger partial charge in [0.25, 0.3) is 0 Å². The lowest BCUT2D eigenvalue weighted by molar-refractivity contribution is 0.457. The molecule has 1 N–H and O–H groups in total. The van der Waals surface area contributed by atoms with Crippen molar-refractivity contribution in [2.45, 2.75) is 10.1 Å². The van der Waals surface area contributed by atoms with Crippen molar-refractivity contribution < 1.29 is 0 Å². The number of nitriles is 1. The lowest BCUT2D eigenvalue weighted by Gasteiger charge is -2.11. The minimum absolute atomic E-state index is 0.491. The smallest absolute Gasteiger partial charge is 0.172 e. The summed E-state index contributed by atoms with van der Waals surface area (Å²) in [5.74, 6) is 0. The molecule has 0 fully saturated rings. The van der Waals surface area contributed by atoms with Crippen LogP contribution in [0.2, 0.25) is 5.02 Å². The molecule has 4 rings (SSSR count). The highest BCUT2D eigenvalue weighted by molar-refractivity contribution is 7.99. The molecule has 6 nitrogen and oxygen atoms in total. The first-order valence-electron chi connectivity index (χ1n) is 9.80. The normalized spacial score (nSPS) is 11.5. The van der Waals surface area contributed by atoms with Gasteiger partial charge in [-0.1, -0.05) is 29.4 Å². The van der Waals surface area contributed by atoms with Crippen LogP contribution in [0.5, 0.6) is 0 Å². The fourth-order valence-corrected chi connectivity index (χ4v) is 5.17. The molecule has 162 valence electrons. The number of aryl methyl sites for hydroxylation is 1. The Hall–Kier alpha value is -2.83. The van der Waals surface area contributed by atoms with Gasteiger partial charge in [-0.05, 0) is 44.4 Å². The minimum Gasteiger partial charge on any atom is -0.353 e. The lowest BCUT2D eigenvalue weighted by atomic mass is 10.2. The topological polar surface area (TPSA) is 69.8 Å². The third kappa shape index (κ3) is 4.97. The maximum atomic E-state index is 9.65. The number of likely N-dealkylation sites (N-methyl/N-ethyl adjacent to an activating group) is 1. The first-order valence-corrected chi connectivity index (χ1v) is 11.8. The Bertz CT molecular complexity index is 1330. The summed E-state index contributed by atoms with van der Waals surface area (Å²) in [5.41, 5.74) is 2.90. The van der Waals surface area contributed by atoms with Gasteiger partial charge in [-0.2, -0.15) is 5.26 Å². The Morgan fingerprint density at radius 2 is 2.16 bits per heavy atom. The van der Waals surface area contributed by atoms with E-state index >= 15 is 0 Å². The average Bonchev–Trinajstić information content (AvgIpc) is 3.36. The van der Waals surface area contributed by atoms with Gasteiger partial charge in [0, 0.05) is 47.6 Å². The molecule has 0 aliphatic rings. The van der Waals surface area contributed by atoms with Crippen LogP contribution in [0.4, 0.5) is 11.4 Å². The summed E-state index contributed by atoms with van der Waals surface area (Å²) in [6.07, 6.45) is 9.46. The molecule has 0 aliphatic heterocycles. The van der Waals surface area contributed by atoms with E-state index in [2.05, 4.69) is 38.4 Å². The van der Waals surface area contributed by atoms with Crippen LogP contribution in [0.25, 0.3) is 16.3 Å². The number of nitrogens with zero attached hydrogens (tertiary/aromatic N) is 5. The molecule has 0 radical (unpaired) electrons. The molecule has 0 bridgehead atoms. The largest absolute Gasteiger partial charge is 0.353 e. The van der Waals surface area contributed by atoms with Gasteiger partial charge < -0.3 is 14.8 Å². The van der Waals surface area contributed by atoms with Crippen LogP contribution in [0.1, 0.15) is 10.4 Å². The highest BCUT2D eigenvalue weighted by atomic mass is 35.5. The van der Waals surface area contributed by atoms with E-state index in [4.69, 9.17) is 11.6 Å². The van der Waals surface area contributed by atoms with Crippen molar-refractivity contribution in [3.63, 3.8) is 0 Å². The van der Waals surface area contributed by atoms with E-state index in [0.717, 1.165) is 43.1 Å². The fraction of sp³-hybridized carbons (Fsp3) is 0.174. The van der Waals surface area contributed by atoms with Gasteiger partial charge in [0.1, 0.15) is 6.07 Å². The molecule has 0 spiro atoms. The number of anilines is 2. The van der Waals surface area contributed by atoms with Crippen LogP contribution >= 0.6 is 34.7 Å². The molecule has 0 saturated carbocycles. The number of fused-ring (bicyclic) bond motifs is 1. The van der Waals surface area contributed by atoms with Crippen molar-refractivity contribution in [1.82, 2.24) is 19.4 Å². The maximum absolute atomic E-state index is 9.65. The Labute approximate surface area is 200 Å². The Morgan fingerprint density at radius 3 is 2.84 bits per heavy atom. The number of nitrogens with one attached hydrogen (secondary N) is 1.